The molecular weight excluding hydrogens is 527 g/mol. The number of halogens is 2. The predicted molar refractivity (Wildman–Crippen MR) is 118 cm³/mol. The Labute approximate surface area is 190 Å². The van der Waals surface area contributed by atoms with Crippen molar-refractivity contribution >= 4 is 62.8 Å². The van der Waals surface area contributed by atoms with Gasteiger partial charge in [-0.25, -0.2) is 4.98 Å². The topological polar surface area (TPSA) is 126 Å². The first-order chi connectivity index (χ1) is 14.3. The number of aromatic nitrogens is 4. The molecule has 1 aliphatic heterocycles. The van der Waals surface area contributed by atoms with Crippen LogP contribution in [0.15, 0.2) is 30.6 Å². The van der Waals surface area contributed by atoms with Gasteiger partial charge in [-0.15, -0.1) is 0 Å². The molecule has 3 N–H and O–H groups in total. The molecular formula is C18H18ClIN6O4. The summed E-state index contributed by atoms with van der Waals surface area (Å²) in [4.78, 5) is 26.7. The van der Waals surface area contributed by atoms with Gasteiger partial charge in [0.1, 0.15) is 12.2 Å². The van der Waals surface area contributed by atoms with Crippen LogP contribution in [0.3, 0.4) is 0 Å². The smallest absolute Gasteiger partial charge is 0.251 e. The van der Waals surface area contributed by atoms with Crippen LogP contribution in [0.5, 0.6) is 0 Å². The fourth-order valence-electron chi connectivity index (χ4n) is 3.35. The molecule has 3 aromatic rings. The third-order valence-corrected chi connectivity index (χ3v) is 5.75. The zero-order valence-electron chi connectivity index (χ0n) is 15.9. The van der Waals surface area contributed by atoms with Gasteiger partial charge in [-0.2, -0.15) is 9.97 Å². The number of aliphatic hydroxyl groups is 2. The van der Waals surface area contributed by atoms with Crippen LogP contribution in [0.1, 0.15) is 6.23 Å². The number of benzene rings is 1. The molecule has 0 bridgehead atoms. The molecule has 4 rings (SSSR count). The van der Waals surface area contributed by atoms with Gasteiger partial charge in [0.15, 0.2) is 29.3 Å². The number of nitrogens with one attached hydrogen (secondary N) is 1. The second-order valence-corrected chi connectivity index (χ2v) is 8.31. The first-order valence-corrected chi connectivity index (χ1v) is 10.4. The molecule has 4 atom stereocenters. The van der Waals surface area contributed by atoms with Crippen LogP contribution in [-0.2, 0) is 9.53 Å². The molecule has 0 unspecified atom stereocenters. The largest absolute Gasteiger partial charge is 0.387 e. The first kappa shape index (κ1) is 21.2. The van der Waals surface area contributed by atoms with Crippen molar-refractivity contribution in [3.63, 3.8) is 0 Å². The second-order valence-electron chi connectivity index (χ2n) is 6.72. The van der Waals surface area contributed by atoms with E-state index in [2.05, 4.69) is 42.9 Å². The molecule has 1 saturated heterocycles. The zero-order valence-corrected chi connectivity index (χ0v) is 18.8. The van der Waals surface area contributed by atoms with E-state index in [4.69, 9.17) is 16.3 Å². The lowest BCUT2D eigenvalue weighted by Gasteiger charge is -2.20. The van der Waals surface area contributed by atoms with Crippen LogP contribution < -0.4 is 10.2 Å². The molecule has 2 aromatic heterocycles. The summed E-state index contributed by atoms with van der Waals surface area (Å²) in [6, 6.07) is 7.81. The summed E-state index contributed by atoms with van der Waals surface area (Å²) in [6.07, 6.45) is -3.66. The van der Waals surface area contributed by atoms with Crippen molar-refractivity contribution < 1.29 is 19.7 Å². The maximum absolute atomic E-state index is 11.9. The molecule has 0 radical (unpaired) electrons. The van der Waals surface area contributed by atoms with Gasteiger partial charge < -0.3 is 25.2 Å². The predicted octanol–water partition coefficient (Wildman–Crippen LogP) is 1.22. The van der Waals surface area contributed by atoms with E-state index in [-0.39, 0.29) is 5.28 Å². The number of nitrogens with zero attached hydrogens (tertiary/aromatic N) is 5. The van der Waals surface area contributed by atoms with Crippen LogP contribution in [0.2, 0.25) is 5.28 Å². The van der Waals surface area contributed by atoms with Gasteiger partial charge in [0.05, 0.1) is 6.33 Å². The molecule has 3 heterocycles. The van der Waals surface area contributed by atoms with Crippen molar-refractivity contribution in [3.05, 3.63) is 39.4 Å². The standard InChI is InChI=1S/C18H18ClIN6O4/c1-21-16(29)13-11(27)12(28)17(30-13)26-7-22-10-14(23-18(19)24-15(10)26)25(2)9-5-3-4-8(20)6-9/h3-7,11-13,17,27-28H,1-2H3,(H,21,29)/t11-,12+,13-,17+/m0/s1. The molecule has 0 spiro atoms. The summed E-state index contributed by atoms with van der Waals surface area (Å²) in [5, 5.41) is 23.1. The molecule has 1 aromatic carbocycles. The molecule has 1 aliphatic rings. The minimum Gasteiger partial charge on any atom is -0.387 e. The molecule has 1 fully saturated rings. The van der Waals surface area contributed by atoms with E-state index in [9.17, 15) is 15.0 Å². The van der Waals surface area contributed by atoms with Gasteiger partial charge in [-0.05, 0) is 52.4 Å². The molecule has 30 heavy (non-hydrogen) atoms. The lowest BCUT2D eigenvalue weighted by molar-refractivity contribution is -0.137. The molecule has 0 aliphatic carbocycles. The average molecular weight is 545 g/mol. The van der Waals surface area contributed by atoms with Crippen molar-refractivity contribution in [3.8, 4) is 0 Å². The van der Waals surface area contributed by atoms with Gasteiger partial charge in [0.2, 0.25) is 5.28 Å². The van der Waals surface area contributed by atoms with Gasteiger partial charge in [-0.3, -0.25) is 9.36 Å². The normalized spacial score (nSPS) is 23.7. The van der Waals surface area contributed by atoms with Crippen molar-refractivity contribution in [2.24, 2.45) is 0 Å². The number of amides is 1. The van der Waals surface area contributed by atoms with Crippen molar-refractivity contribution in [1.29, 1.82) is 0 Å². The molecule has 0 saturated carbocycles. The number of rotatable bonds is 4. The van der Waals surface area contributed by atoms with E-state index in [0.29, 0.717) is 17.0 Å². The third-order valence-electron chi connectivity index (χ3n) is 4.91. The highest BCUT2D eigenvalue weighted by atomic mass is 127. The summed E-state index contributed by atoms with van der Waals surface area (Å²) in [5.41, 5.74) is 1.60. The lowest BCUT2D eigenvalue weighted by atomic mass is 10.1. The maximum atomic E-state index is 11.9. The number of likely N-dealkylation sites (N-methyl/N-ethyl adjacent to an activating group) is 1. The van der Waals surface area contributed by atoms with Gasteiger partial charge in [0, 0.05) is 23.4 Å². The number of anilines is 2. The van der Waals surface area contributed by atoms with E-state index in [1.807, 2.05) is 36.2 Å². The van der Waals surface area contributed by atoms with Crippen LogP contribution in [0.25, 0.3) is 11.2 Å². The maximum Gasteiger partial charge on any atom is 0.251 e. The van der Waals surface area contributed by atoms with Gasteiger partial charge in [0.25, 0.3) is 5.91 Å². The van der Waals surface area contributed by atoms with Crippen molar-refractivity contribution in [2.45, 2.75) is 24.5 Å². The fraction of sp³-hybridized carbons (Fsp3) is 0.333. The van der Waals surface area contributed by atoms with E-state index in [1.54, 1.807) is 0 Å². The summed E-state index contributed by atoms with van der Waals surface area (Å²) in [7, 11) is 3.25. The van der Waals surface area contributed by atoms with Gasteiger partial charge >= 0.3 is 0 Å². The Balaban J connectivity index is 1.77. The van der Waals surface area contributed by atoms with E-state index >= 15 is 0 Å². The van der Waals surface area contributed by atoms with Crippen LogP contribution in [0, 0.1) is 3.57 Å². The molecule has 10 nitrogen and oxygen atoms in total. The Kier molecular flexibility index (Phi) is 5.81. The van der Waals surface area contributed by atoms with E-state index < -0.39 is 30.4 Å². The number of hydrogen-bond donors (Lipinski definition) is 3. The number of fused-ring (bicyclic) bond motifs is 1. The summed E-state index contributed by atoms with van der Waals surface area (Å²) in [6.45, 7) is 0. The summed E-state index contributed by atoms with van der Waals surface area (Å²) in [5.74, 6) is -0.0816. The Bertz CT molecular complexity index is 1110. The summed E-state index contributed by atoms with van der Waals surface area (Å²) < 4.78 is 8.11. The number of hydrogen-bond acceptors (Lipinski definition) is 8. The second kappa shape index (κ2) is 8.23. The lowest BCUT2D eigenvalue weighted by Crippen LogP contribution is -2.41. The number of aliphatic hydroxyl groups excluding tert-OH is 2. The van der Waals surface area contributed by atoms with Crippen LogP contribution >= 0.6 is 34.2 Å². The highest BCUT2D eigenvalue weighted by Crippen LogP contribution is 2.35. The third kappa shape index (κ3) is 3.60. The highest BCUT2D eigenvalue weighted by molar-refractivity contribution is 14.1. The molecule has 12 heteroatoms. The quantitative estimate of drug-likeness (QED) is 0.331. The fourth-order valence-corrected chi connectivity index (χ4v) is 4.04. The Morgan fingerprint density at radius 1 is 1.33 bits per heavy atom. The van der Waals surface area contributed by atoms with E-state index in [1.165, 1.54) is 17.9 Å². The zero-order chi connectivity index (χ0) is 21.6. The number of ether oxygens (including phenoxy) is 1. The number of carbonyl (C=O) groups excluding carboxylic acids is 1. The van der Waals surface area contributed by atoms with Crippen molar-refractivity contribution in [1.82, 2.24) is 24.8 Å². The Hall–Kier alpha value is -2.06. The minimum atomic E-state index is -1.40. The monoisotopic (exact) mass is 544 g/mol. The molecule has 1 amide bonds. The Morgan fingerprint density at radius 2 is 2.10 bits per heavy atom. The highest BCUT2D eigenvalue weighted by Gasteiger charge is 2.47. The average Bonchev–Trinajstić information content (AvgIpc) is 3.27. The Morgan fingerprint density at radius 3 is 2.80 bits per heavy atom. The number of carbonyl (C=O) groups is 1. The number of imidazole rings is 1. The first-order valence-electron chi connectivity index (χ1n) is 8.94. The van der Waals surface area contributed by atoms with Crippen LogP contribution in [-0.4, -0.2) is 68.0 Å². The van der Waals surface area contributed by atoms with Crippen molar-refractivity contribution in [2.75, 3.05) is 19.0 Å². The molecule has 158 valence electrons. The summed E-state index contributed by atoms with van der Waals surface area (Å²) >= 11 is 8.40. The minimum absolute atomic E-state index is 0.0207. The van der Waals surface area contributed by atoms with Crippen LogP contribution in [0.4, 0.5) is 11.5 Å². The van der Waals surface area contributed by atoms with Gasteiger partial charge in [-0.1, -0.05) is 6.07 Å². The van der Waals surface area contributed by atoms with E-state index in [0.717, 1.165) is 9.26 Å². The SMILES string of the molecule is CNC(=O)[C@H]1O[C@@H](n2cnc3c(N(C)c4cccc(I)c4)nc(Cl)nc32)[C@H](O)[C@@H]1O.